The van der Waals surface area contributed by atoms with Crippen LogP contribution >= 0.6 is 11.8 Å². The number of para-hydroxylation sites is 1. The summed E-state index contributed by atoms with van der Waals surface area (Å²) in [5, 5.41) is 17.4. The monoisotopic (exact) mass is 463 g/mol. The summed E-state index contributed by atoms with van der Waals surface area (Å²) in [7, 11) is 0. The van der Waals surface area contributed by atoms with Crippen molar-refractivity contribution in [2.24, 2.45) is 0 Å². The fourth-order valence-electron chi connectivity index (χ4n) is 3.70. The Morgan fingerprint density at radius 3 is 2.42 bits per heavy atom. The molecule has 0 unspecified atom stereocenters. The zero-order valence-electron chi connectivity index (χ0n) is 17.1. The van der Waals surface area contributed by atoms with Gasteiger partial charge in [-0.05, 0) is 48.0 Å². The quantitative estimate of drug-likeness (QED) is 0.370. The molecular formula is C24H16F3N5S. The number of rotatable bonds is 4. The van der Waals surface area contributed by atoms with E-state index >= 15 is 0 Å². The second-order valence-electron chi connectivity index (χ2n) is 7.55. The van der Waals surface area contributed by atoms with Gasteiger partial charge in [-0.15, -0.1) is 5.10 Å². The third kappa shape index (κ3) is 4.30. The van der Waals surface area contributed by atoms with Gasteiger partial charge in [0.1, 0.15) is 5.69 Å². The first-order valence-corrected chi connectivity index (χ1v) is 10.9. The van der Waals surface area contributed by atoms with Crippen LogP contribution in [0.2, 0.25) is 0 Å². The summed E-state index contributed by atoms with van der Waals surface area (Å²) in [5.74, 6) is 0. The lowest BCUT2D eigenvalue weighted by atomic mass is 10.1. The van der Waals surface area contributed by atoms with Crippen LogP contribution in [-0.4, -0.2) is 15.0 Å². The molecule has 4 aromatic rings. The fraction of sp³-hybridized carbons (Fsp3) is 0.125. The van der Waals surface area contributed by atoms with Crippen molar-refractivity contribution in [1.82, 2.24) is 15.0 Å². The lowest BCUT2D eigenvalue weighted by Gasteiger charge is -2.32. The third-order valence-electron chi connectivity index (χ3n) is 5.29. The average Bonchev–Trinajstić information content (AvgIpc) is 3.25. The first kappa shape index (κ1) is 21.1. The minimum absolute atomic E-state index is 0.277. The van der Waals surface area contributed by atoms with Gasteiger partial charge < -0.3 is 4.90 Å². The Balaban J connectivity index is 1.45. The van der Waals surface area contributed by atoms with Crippen molar-refractivity contribution in [2.45, 2.75) is 29.1 Å². The van der Waals surface area contributed by atoms with Crippen LogP contribution in [0.15, 0.2) is 82.7 Å². The lowest BCUT2D eigenvalue weighted by Crippen LogP contribution is -2.21. The molecule has 0 fully saturated rings. The van der Waals surface area contributed by atoms with Gasteiger partial charge in [0.2, 0.25) is 0 Å². The molecule has 0 bridgehead atoms. The van der Waals surface area contributed by atoms with E-state index in [1.54, 1.807) is 23.0 Å². The summed E-state index contributed by atoms with van der Waals surface area (Å²) in [6.45, 7) is 0.749. The van der Waals surface area contributed by atoms with Crippen molar-refractivity contribution < 1.29 is 13.2 Å². The van der Waals surface area contributed by atoms with E-state index in [0.717, 1.165) is 27.1 Å². The smallest absolute Gasteiger partial charge is 0.333 e. The van der Waals surface area contributed by atoms with Gasteiger partial charge in [-0.1, -0.05) is 41.2 Å². The topological polar surface area (TPSA) is 57.7 Å². The minimum Gasteiger partial charge on any atom is -0.333 e. The van der Waals surface area contributed by atoms with Crippen LogP contribution in [0, 0.1) is 11.3 Å². The van der Waals surface area contributed by atoms with Gasteiger partial charge in [-0.25, -0.2) is 4.68 Å². The number of alkyl halides is 3. The van der Waals surface area contributed by atoms with Crippen molar-refractivity contribution in [3.63, 3.8) is 0 Å². The molecule has 164 valence electrons. The van der Waals surface area contributed by atoms with E-state index in [0.29, 0.717) is 23.5 Å². The summed E-state index contributed by atoms with van der Waals surface area (Å²) < 4.78 is 41.9. The molecule has 0 amide bonds. The highest BCUT2D eigenvalue weighted by atomic mass is 32.2. The maximum Gasteiger partial charge on any atom is 0.416 e. The molecule has 0 N–H and O–H groups in total. The predicted octanol–water partition coefficient (Wildman–Crippen LogP) is 6.02. The van der Waals surface area contributed by atoms with Crippen LogP contribution in [0.25, 0.3) is 0 Å². The van der Waals surface area contributed by atoms with Gasteiger partial charge in [-0.3, -0.25) is 0 Å². The zero-order chi connectivity index (χ0) is 23.0. The second kappa shape index (κ2) is 8.30. The molecule has 0 saturated heterocycles. The van der Waals surface area contributed by atoms with E-state index < -0.39 is 11.7 Å². The third-order valence-corrected chi connectivity index (χ3v) is 6.42. The molecule has 2 heterocycles. The number of aromatic nitrogens is 3. The molecule has 0 atom stereocenters. The van der Waals surface area contributed by atoms with Crippen LogP contribution in [0.1, 0.15) is 22.4 Å². The molecule has 0 aliphatic carbocycles. The van der Waals surface area contributed by atoms with E-state index in [1.807, 2.05) is 41.3 Å². The molecule has 5 rings (SSSR count). The standard InChI is InChI=1S/C24H16F3N5S/c25-24(26,27)18-9-10-23-21(11-18)32(20-3-1-2-4-22(20)33-23)15-19-14-31(30-29-19)13-17-7-5-16(12-28)6-8-17/h1-11,14H,13,15H2. The Labute approximate surface area is 192 Å². The maximum absolute atomic E-state index is 13.4. The number of hydrogen-bond donors (Lipinski definition) is 0. The first-order chi connectivity index (χ1) is 15.9. The minimum atomic E-state index is -4.42. The van der Waals surface area contributed by atoms with Gasteiger partial charge in [0.05, 0.1) is 47.9 Å². The van der Waals surface area contributed by atoms with Crippen LogP contribution in [-0.2, 0) is 19.3 Å². The van der Waals surface area contributed by atoms with E-state index in [-0.39, 0.29) is 6.54 Å². The van der Waals surface area contributed by atoms with E-state index in [4.69, 9.17) is 5.26 Å². The highest BCUT2D eigenvalue weighted by molar-refractivity contribution is 7.99. The summed E-state index contributed by atoms with van der Waals surface area (Å²) in [6, 6.07) is 20.7. The van der Waals surface area contributed by atoms with Crippen LogP contribution in [0.3, 0.4) is 0 Å². The summed E-state index contributed by atoms with van der Waals surface area (Å²) in [5.41, 5.74) is 2.82. The number of nitrogens with zero attached hydrogens (tertiary/aromatic N) is 5. The number of nitriles is 1. The van der Waals surface area contributed by atoms with E-state index in [9.17, 15) is 13.2 Å². The summed E-state index contributed by atoms with van der Waals surface area (Å²) in [6.07, 6.45) is -2.64. The Hall–Kier alpha value is -3.77. The normalized spacial score (nSPS) is 12.7. The molecular weight excluding hydrogens is 447 g/mol. The molecule has 0 radical (unpaired) electrons. The first-order valence-electron chi connectivity index (χ1n) is 10.0. The van der Waals surface area contributed by atoms with Crippen molar-refractivity contribution in [2.75, 3.05) is 4.90 Å². The number of anilines is 2. The molecule has 1 aliphatic heterocycles. The molecule has 1 aliphatic rings. The van der Waals surface area contributed by atoms with Gasteiger partial charge in [-0.2, -0.15) is 18.4 Å². The lowest BCUT2D eigenvalue weighted by molar-refractivity contribution is -0.137. The van der Waals surface area contributed by atoms with E-state index in [2.05, 4.69) is 16.4 Å². The molecule has 5 nitrogen and oxygen atoms in total. The number of benzene rings is 3. The van der Waals surface area contributed by atoms with Gasteiger partial charge in [0.25, 0.3) is 0 Å². The maximum atomic E-state index is 13.4. The number of fused-ring (bicyclic) bond motifs is 2. The van der Waals surface area contributed by atoms with Gasteiger partial charge in [0.15, 0.2) is 0 Å². The molecule has 3 aromatic carbocycles. The SMILES string of the molecule is N#Cc1ccc(Cn2cc(CN3c4ccccc4Sc4ccc(C(F)(F)F)cc43)nn2)cc1. The van der Waals surface area contributed by atoms with E-state index in [1.165, 1.54) is 23.9 Å². The number of halogens is 3. The molecule has 1 aromatic heterocycles. The molecule has 0 spiro atoms. The van der Waals surface area contributed by atoms with Gasteiger partial charge in [0, 0.05) is 9.79 Å². The highest BCUT2D eigenvalue weighted by Crippen LogP contribution is 2.49. The molecule has 33 heavy (non-hydrogen) atoms. The van der Waals surface area contributed by atoms with Gasteiger partial charge >= 0.3 is 6.18 Å². The Morgan fingerprint density at radius 2 is 1.67 bits per heavy atom. The fourth-order valence-corrected chi connectivity index (χ4v) is 4.77. The zero-order valence-corrected chi connectivity index (χ0v) is 17.9. The van der Waals surface area contributed by atoms with Crippen LogP contribution in [0.5, 0.6) is 0 Å². The summed E-state index contributed by atoms with van der Waals surface area (Å²) in [4.78, 5) is 3.58. The molecule has 9 heteroatoms. The average molecular weight is 463 g/mol. The van der Waals surface area contributed by atoms with Crippen molar-refractivity contribution in [3.8, 4) is 6.07 Å². The highest BCUT2D eigenvalue weighted by Gasteiger charge is 2.33. The van der Waals surface area contributed by atoms with Crippen molar-refractivity contribution >= 4 is 23.1 Å². The van der Waals surface area contributed by atoms with Crippen LogP contribution in [0.4, 0.5) is 24.5 Å². The predicted molar refractivity (Wildman–Crippen MR) is 118 cm³/mol. The second-order valence-corrected chi connectivity index (χ2v) is 8.64. The Kier molecular flexibility index (Phi) is 5.30. The van der Waals surface area contributed by atoms with Crippen molar-refractivity contribution in [1.29, 1.82) is 5.26 Å². The summed E-state index contributed by atoms with van der Waals surface area (Å²) >= 11 is 1.45. The largest absolute Gasteiger partial charge is 0.416 e. The van der Waals surface area contributed by atoms with Crippen LogP contribution < -0.4 is 4.90 Å². The number of hydrogen-bond acceptors (Lipinski definition) is 5. The molecule has 0 saturated carbocycles. The Bertz CT molecular complexity index is 1360. The van der Waals surface area contributed by atoms with Crippen molar-refractivity contribution in [3.05, 3.63) is 95.3 Å². The Morgan fingerprint density at radius 1 is 0.909 bits per heavy atom.